The van der Waals surface area contributed by atoms with Crippen molar-refractivity contribution in [1.82, 2.24) is 4.90 Å². The second kappa shape index (κ2) is 2.82. The second-order valence-electron chi connectivity index (χ2n) is 2.33. The van der Waals surface area contributed by atoms with Gasteiger partial charge in [0.25, 0.3) is 0 Å². The largest absolute Gasteiger partial charge is 0.399 e. The van der Waals surface area contributed by atoms with Crippen LogP contribution in [0.4, 0.5) is 0 Å². The monoisotopic (exact) mass is 128 g/mol. The van der Waals surface area contributed by atoms with E-state index in [1.54, 1.807) is 7.11 Å². The van der Waals surface area contributed by atoms with E-state index in [2.05, 4.69) is 21.9 Å². The Morgan fingerprint density at radius 2 is 2.44 bits per heavy atom. The fourth-order valence-corrected chi connectivity index (χ4v) is 0.993. The highest BCUT2D eigenvalue weighted by Crippen LogP contribution is 2.01. The van der Waals surface area contributed by atoms with Gasteiger partial charge < -0.3 is 9.74 Å². The van der Waals surface area contributed by atoms with Crippen LogP contribution in [0, 0.1) is 0 Å². The van der Waals surface area contributed by atoms with Gasteiger partial charge in [0.05, 0.1) is 5.71 Å². The number of nitrogens with zero attached hydrogens (tertiary/aromatic N) is 2. The molecule has 52 valence electrons. The molecule has 1 saturated heterocycles. The molecule has 0 aliphatic carbocycles. The summed E-state index contributed by atoms with van der Waals surface area (Å²) < 4.78 is 0. The van der Waals surface area contributed by atoms with Gasteiger partial charge in [0.1, 0.15) is 7.11 Å². The van der Waals surface area contributed by atoms with Gasteiger partial charge in [-0.15, -0.1) is 0 Å². The first-order valence-electron chi connectivity index (χ1n) is 3.10. The maximum atomic E-state index is 4.64. The highest BCUT2D eigenvalue weighted by Gasteiger charge is 2.13. The summed E-state index contributed by atoms with van der Waals surface area (Å²) in [6.07, 6.45) is 1.06. The summed E-state index contributed by atoms with van der Waals surface area (Å²) >= 11 is 0. The van der Waals surface area contributed by atoms with Gasteiger partial charge in [-0.3, -0.25) is 0 Å². The molecule has 0 aromatic heterocycles. The van der Waals surface area contributed by atoms with Crippen LogP contribution in [0.15, 0.2) is 5.16 Å². The molecule has 0 aromatic carbocycles. The number of hydrogen-bond acceptors (Lipinski definition) is 3. The first-order chi connectivity index (χ1) is 4.33. The highest BCUT2D eigenvalue weighted by molar-refractivity contribution is 5.87. The van der Waals surface area contributed by atoms with Crippen molar-refractivity contribution in [3.8, 4) is 0 Å². The van der Waals surface area contributed by atoms with Crippen LogP contribution < -0.4 is 0 Å². The van der Waals surface area contributed by atoms with Gasteiger partial charge in [-0.05, 0) is 7.05 Å². The summed E-state index contributed by atoms with van der Waals surface area (Å²) in [5, 5.41) is 3.85. The first kappa shape index (κ1) is 6.55. The zero-order valence-electron chi connectivity index (χ0n) is 5.92. The molecule has 1 aliphatic heterocycles. The van der Waals surface area contributed by atoms with E-state index in [9.17, 15) is 0 Å². The lowest BCUT2D eigenvalue weighted by Gasteiger charge is -2.01. The Labute approximate surface area is 55.3 Å². The Bertz CT molecular complexity index is 122. The van der Waals surface area contributed by atoms with E-state index >= 15 is 0 Å². The minimum Gasteiger partial charge on any atom is -0.399 e. The summed E-state index contributed by atoms with van der Waals surface area (Å²) in [6, 6.07) is 0. The summed E-state index contributed by atoms with van der Waals surface area (Å²) in [4.78, 5) is 6.86. The predicted octanol–water partition coefficient (Wildman–Crippen LogP) is 0.324. The molecule has 0 unspecified atom stereocenters. The fraction of sp³-hybridized carbons (Fsp3) is 0.833. The molecule has 1 fully saturated rings. The fourth-order valence-electron chi connectivity index (χ4n) is 0.993. The van der Waals surface area contributed by atoms with Crippen LogP contribution in [0.25, 0.3) is 0 Å². The maximum absolute atomic E-state index is 4.64. The minimum atomic E-state index is 0.966. The van der Waals surface area contributed by atoms with Crippen molar-refractivity contribution in [1.29, 1.82) is 0 Å². The van der Waals surface area contributed by atoms with Gasteiger partial charge in [0.15, 0.2) is 0 Å². The molecule has 1 aliphatic rings. The summed E-state index contributed by atoms with van der Waals surface area (Å²) in [7, 11) is 3.67. The topological polar surface area (TPSA) is 24.8 Å². The van der Waals surface area contributed by atoms with Gasteiger partial charge in [-0.25, -0.2) is 0 Å². The molecule has 3 nitrogen and oxygen atoms in total. The third-order valence-electron chi connectivity index (χ3n) is 1.45. The molecule has 0 saturated carbocycles. The lowest BCUT2D eigenvalue weighted by molar-refractivity contribution is 0.212. The Morgan fingerprint density at radius 3 is 2.89 bits per heavy atom. The smallest absolute Gasteiger partial charge is 0.106 e. The van der Waals surface area contributed by atoms with Crippen molar-refractivity contribution in [3.05, 3.63) is 0 Å². The Hall–Kier alpha value is -0.570. The number of oxime groups is 1. The molecular weight excluding hydrogens is 116 g/mol. The van der Waals surface area contributed by atoms with Crippen LogP contribution in [0.3, 0.4) is 0 Å². The van der Waals surface area contributed by atoms with Gasteiger partial charge in [-0.1, -0.05) is 5.16 Å². The predicted molar refractivity (Wildman–Crippen MR) is 36.6 cm³/mol. The van der Waals surface area contributed by atoms with Crippen LogP contribution in [0.5, 0.6) is 0 Å². The number of hydrogen-bond donors (Lipinski definition) is 0. The molecule has 1 rings (SSSR count). The molecule has 3 heteroatoms. The van der Waals surface area contributed by atoms with Gasteiger partial charge in [-0.2, -0.15) is 0 Å². The average molecular weight is 128 g/mol. The van der Waals surface area contributed by atoms with E-state index in [1.807, 2.05) is 0 Å². The Kier molecular flexibility index (Phi) is 2.05. The third kappa shape index (κ3) is 1.68. The summed E-state index contributed by atoms with van der Waals surface area (Å²) in [6.45, 7) is 2.08. The average Bonchev–Trinajstić information content (AvgIpc) is 2.17. The normalized spacial score (nSPS) is 25.3. The van der Waals surface area contributed by atoms with Gasteiger partial charge >= 0.3 is 0 Å². The number of likely N-dealkylation sites (tertiary alicyclic amines) is 1. The van der Waals surface area contributed by atoms with Crippen LogP contribution in [-0.2, 0) is 4.84 Å². The second-order valence-corrected chi connectivity index (χ2v) is 2.33. The Balaban J connectivity index is 2.38. The van der Waals surface area contributed by atoms with E-state index < -0.39 is 0 Å². The first-order valence-corrected chi connectivity index (χ1v) is 3.10. The molecule has 0 atom stereocenters. The van der Waals surface area contributed by atoms with Crippen molar-refractivity contribution in [2.75, 3.05) is 27.2 Å². The molecule has 0 amide bonds. The lowest BCUT2D eigenvalue weighted by Crippen LogP contribution is -2.13. The third-order valence-corrected chi connectivity index (χ3v) is 1.45. The van der Waals surface area contributed by atoms with Crippen molar-refractivity contribution in [2.24, 2.45) is 5.16 Å². The molecule has 0 radical (unpaired) electrons. The van der Waals surface area contributed by atoms with Gasteiger partial charge in [0, 0.05) is 19.5 Å². The van der Waals surface area contributed by atoms with E-state index in [4.69, 9.17) is 0 Å². The molecular formula is C6H12N2O. The standard InChI is InChI=1S/C6H12N2O/c1-8-4-3-6(5-8)7-9-2/h3-5H2,1-2H3/b7-6-. The zero-order valence-corrected chi connectivity index (χ0v) is 5.92. The van der Waals surface area contributed by atoms with E-state index in [1.165, 1.54) is 0 Å². The SMILES string of the molecule is CO/N=C1/CCN(C)C1. The van der Waals surface area contributed by atoms with E-state index in [0.29, 0.717) is 0 Å². The maximum Gasteiger partial charge on any atom is 0.106 e. The van der Waals surface area contributed by atoms with Crippen LogP contribution in [0.1, 0.15) is 6.42 Å². The molecule has 0 aromatic rings. The molecule has 0 spiro atoms. The van der Waals surface area contributed by atoms with Crippen molar-refractivity contribution in [2.45, 2.75) is 6.42 Å². The Morgan fingerprint density at radius 1 is 1.67 bits per heavy atom. The van der Waals surface area contributed by atoms with Crippen LogP contribution in [0.2, 0.25) is 0 Å². The summed E-state index contributed by atoms with van der Waals surface area (Å²) in [5.41, 5.74) is 1.15. The van der Waals surface area contributed by atoms with Crippen LogP contribution in [-0.4, -0.2) is 37.9 Å². The molecule has 0 N–H and O–H groups in total. The van der Waals surface area contributed by atoms with E-state index in [-0.39, 0.29) is 0 Å². The van der Waals surface area contributed by atoms with Crippen molar-refractivity contribution >= 4 is 5.71 Å². The van der Waals surface area contributed by atoms with Crippen molar-refractivity contribution in [3.63, 3.8) is 0 Å². The lowest BCUT2D eigenvalue weighted by atomic mass is 10.3. The van der Waals surface area contributed by atoms with Gasteiger partial charge in [0.2, 0.25) is 0 Å². The molecule has 1 heterocycles. The van der Waals surface area contributed by atoms with Crippen LogP contribution >= 0.6 is 0 Å². The molecule has 0 bridgehead atoms. The van der Waals surface area contributed by atoms with Crippen molar-refractivity contribution < 1.29 is 4.84 Å². The zero-order chi connectivity index (χ0) is 6.69. The molecule has 9 heavy (non-hydrogen) atoms. The quantitative estimate of drug-likeness (QED) is 0.475. The highest BCUT2D eigenvalue weighted by atomic mass is 16.6. The number of rotatable bonds is 1. The minimum absolute atomic E-state index is 0.966. The summed E-state index contributed by atoms with van der Waals surface area (Å²) in [5.74, 6) is 0. The van der Waals surface area contributed by atoms with E-state index in [0.717, 1.165) is 25.2 Å².